The summed E-state index contributed by atoms with van der Waals surface area (Å²) < 4.78 is 5.45. The minimum Gasteiger partial charge on any atom is -0.497 e. The van der Waals surface area contributed by atoms with E-state index in [0.717, 1.165) is 24.2 Å². The number of ether oxygens (including phenoxy) is 1. The summed E-state index contributed by atoms with van der Waals surface area (Å²) in [7, 11) is 1.74. The highest BCUT2D eigenvalue weighted by Gasteiger charge is 2.30. The first kappa shape index (κ1) is 13.9. The van der Waals surface area contributed by atoms with Crippen LogP contribution in [-0.2, 0) is 6.42 Å². The maximum atomic E-state index is 5.45. The zero-order chi connectivity index (χ0) is 15.1. The van der Waals surface area contributed by atoms with Gasteiger partial charge in [-0.05, 0) is 49.9 Å². The number of benzene rings is 1. The number of methoxy groups -OCH3 is 1. The summed E-state index contributed by atoms with van der Waals surface area (Å²) in [6.45, 7) is 3.31. The van der Waals surface area contributed by atoms with Gasteiger partial charge in [0.25, 0.3) is 0 Å². The molecular formula is C19H24N2O. The summed E-state index contributed by atoms with van der Waals surface area (Å²) >= 11 is 0. The van der Waals surface area contributed by atoms with Crippen LogP contribution in [0.1, 0.15) is 43.4 Å². The molecule has 0 bridgehead atoms. The van der Waals surface area contributed by atoms with Crippen LogP contribution in [0.25, 0.3) is 10.9 Å². The van der Waals surface area contributed by atoms with Crippen molar-refractivity contribution in [2.24, 2.45) is 0 Å². The zero-order valence-electron chi connectivity index (χ0n) is 13.6. The number of rotatable bonds is 2. The van der Waals surface area contributed by atoms with Crippen molar-refractivity contribution >= 4 is 16.6 Å². The van der Waals surface area contributed by atoms with Crippen LogP contribution >= 0.6 is 0 Å². The fourth-order valence-electron chi connectivity index (χ4n) is 4.24. The highest BCUT2D eigenvalue weighted by atomic mass is 16.5. The van der Waals surface area contributed by atoms with Crippen LogP contribution in [0.15, 0.2) is 18.2 Å². The number of aromatic nitrogens is 1. The number of pyridine rings is 1. The van der Waals surface area contributed by atoms with E-state index in [0.29, 0.717) is 6.04 Å². The predicted molar refractivity (Wildman–Crippen MR) is 91.0 cm³/mol. The Balaban J connectivity index is 1.87. The van der Waals surface area contributed by atoms with Crippen LogP contribution in [0.2, 0.25) is 0 Å². The van der Waals surface area contributed by atoms with Crippen molar-refractivity contribution in [3.63, 3.8) is 0 Å². The minimum atomic E-state index is 0.714. The molecule has 1 aromatic carbocycles. The van der Waals surface area contributed by atoms with Gasteiger partial charge in [-0.25, -0.2) is 0 Å². The molecule has 0 atom stereocenters. The summed E-state index contributed by atoms with van der Waals surface area (Å²) in [5.74, 6) is 0.927. The smallest absolute Gasteiger partial charge is 0.119 e. The first-order chi connectivity index (χ1) is 10.8. The molecular weight excluding hydrogens is 272 g/mol. The van der Waals surface area contributed by atoms with Crippen molar-refractivity contribution in [3.8, 4) is 5.75 Å². The van der Waals surface area contributed by atoms with Gasteiger partial charge < -0.3 is 9.64 Å². The minimum absolute atomic E-state index is 0.714. The molecule has 4 rings (SSSR count). The number of fused-ring (bicyclic) bond motifs is 3. The van der Waals surface area contributed by atoms with Crippen LogP contribution in [0.5, 0.6) is 5.75 Å². The lowest BCUT2D eigenvalue weighted by Gasteiger charge is -2.34. The topological polar surface area (TPSA) is 25.4 Å². The number of hydrogen-bond acceptors (Lipinski definition) is 3. The lowest BCUT2D eigenvalue weighted by Crippen LogP contribution is -2.35. The molecule has 2 heterocycles. The highest BCUT2D eigenvalue weighted by Crippen LogP contribution is 2.41. The highest BCUT2D eigenvalue weighted by molar-refractivity contribution is 5.96. The Bertz CT molecular complexity index is 704. The third-order valence-corrected chi connectivity index (χ3v) is 5.37. The molecule has 0 radical (unpaired) electrons. The number of aryl methyl sites for hydroxylation is 1. The summed E-state index contributed by atoms with van der Waals surface area (Å²) in [5.41, 5.74) is 5.19. The van der Waals surface area contributed by atoms with E-state index in [-0.39, 0.29) is 0 Å². The van der Waals surface area contributed by atoms with Crippen molar-refractivity contribution < 1.29 is 4.74 Å². The quantitative estimate of drug-likeness (QED) is 0.828. The van der Waals surface area contributed by atoms with Gasteiger partial charge in [0.2, 0.25) is 0 Å². The van der Waals surface area contributed by atoms with Crippen molar-refractivity contribution in [2.75, 3.05) is 18.6 Å². The number of nitrogens with zero attached hydrogens (tertiary/aromatic N) is 2. The van der Waals surface area contributed by atoms with Gasteiger partial charge in [0, 0.05) is 23.7 Å². The van der Waals surface area contributed by atoms with E-state index in [9.17, 15) is 0 Å². The molecule has 0 unspecified atom stereocenters. The first-order valence-corrected chi connectivity index (χ1v) is 8.52. The Morgan fingerprint density at radius 3 is 2.77 bits per heavy atom. The van der Waals surface area contributed by atoms with Gasteiger partial charge in [-0.15, -0.1) is 0 Å². The van der Waals surface area contributed by atoms with Gasteiger partial charge in [0.1, 0.15) is 5.75 Å². The summed E-state index contributed by atoms with van der Waals surface area (Å²) in [6.07, 6.45) is 7.97. The van der Waals surface area contributed by atoms with Crippen molar-refractivity contribution in [1.29, 1.82) is 0 Å². The Morgan fingerprint density at radius 1 is 1.18 bits per heavy atom. The molecule has 2 aromatic rings. The van der Waals surface area contributed by atoms with Crippen LogP contribution < -0.4 is 9.64 Å². The Labute approximate surface area is 132 Å². The lowest BCUT2D eigenvalue weighted by atomic mass is 9.94. The standard InChI is InChI=1S/C19H24N2O/c1-13-16-10-11-21(14-6-4-3-5-7-14)19(16)17-12-15(22-2)8-9-18(17)20-13/h8-9,12,14H,3-7,10-11H2,1-2H3. The van der Waals surface area contributed by atoms with E-state index in [1.807, 2.05) is 6.07 Å². The first-order valence-electron chi connectivity index (χ1n) is 8.52. The van der Waals surface area contributed by atoms with Gasteiger partial charge >= 0.3 is 0 Å². The number of anilines is 1. The van der Waals surface area contributed by atoms with Gasteiger partial charge in [-0.3, -0.25) is 4.98 Å². The fourth-order valence-corrected chi connectivity index (χ4v) is 4.24. The summed E-state index contributed by atoms with van der Waals surface area (Å²) in [5, 5.41) is 1.27. The largest absolute Gasteiger partial charge is 0.497 e. The molecule has 0 spiro atoms. The second-order valence-electron chi connectivity index (χ2n) is 6.64. The second-order valence-corrected chi connectivity index (χ2v) is 6.64. The maximum Gasteiger partial charge on any atom is 0.119 e. The third-order valence-electron chi connectivity index (χ3n) is 5.37. The predicted octanol–water partition coefficient (Wildman–Crippen LogP) is 4.25. The average molecular weight is 296 g/mol. The van der Waals surface area contributed by atoms with Gasteiger partial charge in [0.15, 0.2) is 0 Å². The van der Waals surface area contributed by atoms with Crippen LogP contribution in [-0.4, -0.2) is 24.7 Å². The fraction of sp³-hybridized carbons (Fsp3) is 0.526. The molecule has 116 valence electrons. The molecule has 3 nitrogen and oxygen atoms in total. The SMILES string of the molecule is COc1ccc2nc(C)c3c(c2c1)N(C1CCCCC1)CC3. The van der Waals surface area contributed by atoms with Gasteiger partial charge in [-0.1, -0.05) is 19.3 Å². The Kier molecular flexibility index (Phi) is 3.44. The monoisotopic (exact) mass is 296 g/mol. The molecule has 1 aromatic heterocycles. The van der Waals surface area contributed by atoms with E-state index < -0.39 is 0 Å². The van der Waals surface area contributed by atoms with E-state index >= 15 is 0 Å². The van der Waals surface area contributed by atoms with E-state index in [2.05, 4.69) is 24.0 Å². The molecule has 0 saturated heterocycles. The van der Waals surface area contributed by atoms with Crippen LogP contribution in [0.4, 0.5) is 5.69 Å². The molecule has 1 saturated carbocycles. The number of hydrogen-bond donors (Lipinski definition) is 0. The third kappa shape index (κ3) is 2.15. The van der Waals surface area contributed by atoms with Gasteiger partial charge in [-0.2, -0.15) is 0 Å². The molecule has 2 aliphatic rings. The second kappa shape index (κ2) is 5.45. The molecule has 1 aliphatic heterocycles. The summed E-state index contributed by atoms with van der Waals surface area (Å²) in [6, 6.07) is 6.99. The van der Waals surface area contributed by atoms with Crippen LogP contribution in [0, 0.1) is 6.92 Å². The van der Waals surface area contributed by atoms with Crippen molar-refractivity contribution in [2.45, 2.75) is 51.5 Å². The van der Waals surface area contributed by atoms with Crippen molar-refractivity contribution in [1.82, 2.24) is 4.98 Å². The normalized spacial score (nSPS) is 18.7. The lowest BCUT2D eigenvalue weighted by molar-refractivity contribution is 0.415. The molecule has 1 fully saturated rings. The Hall–Kier alpha value is -1.77. The van der Waals surface area contributed by atoms with E-state index in [1.54, 1.807) is 7.11 Å². The van der Waals surface area contributed by atoms with E-state index in [4.69, 9.17) is 9.72 Å². The van der Waals surface area contributed by atoms with Crippen LogP contribution in [0.3, 0.4) is 0 Å². The molecule has 1 aliphatic carbocycles. The molecule has 0 amide bonds. The maximum absolute atomic E-state index is 5.45. The van der Waals surface area contributed by atoms with Gasteiger partial charge in [0.05, 0.1) is 18.3 Å². The molecule has 3 heteroatoms. The van der Waals surface area contributed by atoms with E-state index in [1.165, 1.54) is 54.4 Å². The summed E-state index contributed by atoms with van der Waals surface area (Å²) in [4.78, 5) is 7.49. The Morgan fingerprint density at radius 2 is 2.00 bits per heavy atom. The molecule has 0 N–H and O–H groups in total. The van der Waals surface area contributed by atoms with Crippen molar-refractivity contribution in [3.05, 3.63) is 29.5 Å². The average Bonchev–Trinajstić information content (AvgIpc) is 3.01. The molecule has 22 heavy (non-hydrogen) atoms. The zero-order valence-corrected chi connectivity index (χ0v) is 13.6.